The molecular formula is C29H29N5O5S. The minimum Gasteiger partial charge on any atom is -0.444 e. The molecule has 206 valence electrons. The number of amides is 2. The smallest absolute Gasteiger partial charge is 0.412 e. The zero-order chi connectivity index (χ0) is 28.9. The maximum absolute atomic E-state index is 13.3. The highest BCUT2D eigenvalue weighted by Crippen LogP contribution is 2.25. The van der Waals surface area contributed by atoms with Crippen LogP contribution in [0.15, 0.2) is 96.3 Å². The summed E-state index contributed by atoms with van der Waals surface area (Å²) in [6, 6.07) is 18.2. The lowest BCUT2D eigenvalue weighted by Gasteiger charge is -2.20. The van der Waals surface area contributed by atoms with E-state index in [1.165, 1.54) is 30.6 Å². The maximum Gasteiger partial charge on any atom is 0.412 e. The van der Waals surface area contributed by atoms with Gasteiger partial charge in [0.15, 0.2) is 0 Å². The van der Waals surface area contributed by atoms with Crippen LogP contribution in [0.2, 0.25) is 0 Å². The van der Waals surface area contributed by atoms with Crippen LogP contribution in [0.4, 0.5) is 22.0 Å². The second kappa shape index (κ2) is 11.5. The van der Waals surface area contributed by atoms with Crippen LogP contribution >= 0.6 is 0 Å². The minimum absolute atomic E-state index is 0.0970. The van der Waals surface area contributed by atoms with E-state index in [0.29, 0.717) is 28.3 Å². The molecule has 2 aromatic carbocycles. The fourth-order valence-corrected chi connectivity index (χ4v) is 4.89. The predicted molar refractivity (Wildman–Crippen MR) is 155 cm³/mol. The Morgan fingerprint density at radius 2 is 1.68 bits per heavy atom. The molecule has 40 heavy (non-hydrogen) atoms. The molecule has 4 rings (SSSR count). The van der Waals surface area contributed by atoms with Crippen molar-refractivity contribution in [2.24, 2.45) is 0 Å². The molecule has 0 fully saturated rings. The first-order chi connectivity index (χ1) is 18.9. The highest BCUT2D eigenvalue weighted by atomic mass is 32.2. The second-order valence-electron chi connectivity index (χ2n) is 9.77. The Morgan fingerprint density at radius 1 is 0.950 bits per heavy atom. The highest BCUT2D eigenvalue weighted by Gasteiger charge is 2.19. The molecule has 0 aliphatic heterocycles. The normalized spacial score (nSPS) is 11.8. The van der Waals surface area contributed by atoms with E-state index < -0.39 is 27.6 Å². The van der Waals surface area contributed by atoms with Gasteiger partial charge in [0.2, 0.25) is 5.91 Å². The van der Waals surface area contributed by atoms with Crippen molar-refractivity contribution in [3.05, 3.63) is 97.0 Å². The van der Waals surface area contributed by atoms with Crippen molar-refractivity contribution in [3.8, 4) is 11.1 Å². The molecule has 0 saturated carbocycles. The van der Waals surface area contributed by atoms with E-state index in [1.807, 2.05) is 0 Å². The Balaban J connectivity index is 1.45. The number of aromatic nitrogens is 2. The average Bonchev–Trinajstić information content (AvgIpc) is 3.38. The first-order valence-corrected chi connectivity index (χ1v) is 13.7. The zero-order valence-electron chi connectivity index (χ0n) is 22.2. The van der Waals surface area contributed by atoms with Crippen LogP contribution in [0.5, 0.6) is 0 Å². The van der Waals surface area contributed by atoms with Crippen molar-refractivity contribution in [2.45, 2.75) is 31.3 Å². The maximum atomic E-state index is 13.3. The molecule has 4 N–H and O–H groups in total. The summed E-state index contributed by atoms with van der Waals surface area (Å²) in [6.45, 7) is 5.25. The van der Waals surface area contributed by atoms with E-state index >= 15 is 0 Å². The number of hydrogen-bond donors (Lipinski definition) is 3. The summed E-state index contributed by atoms with van der Waals surface area (Å²) in [5, 5.41) is 5.32. The van der Waals surface area contributed by atoms with Gasteiger partial charge in [-0.3, -0.25) is 10.1 Å². The van der Waals surface area contributed by atoms with E-state index in [2.05, 4.69) is 15.6 Å². The van der Waals surface area contributed by atoms with E-state index in [9.17, 15) is 18.0 Å². The number of anilines is 3. The number of nitrogens with zero attached hydrogens (tertiary/aromatic N) is 2. The Labute approximate surface area is 232 Å². The molecule has 0 aliphatic rings. The first-order valence-electron chi connectivity index (χ1n) is 12.2. The summed E-state index contributed by atoms with van der Waals surface area (Å²) in [6.07, 6.45) is 6.51. The lowest BCUT2D eigenvalue weighted by molar-refractivity contribution is -0.111. The number of hydrogen-bond acceptors (Lipinski definition) is 7. The van der Waals surface area contributed by atoms with Gasteiger partial charge in [0.25, 0.3) is 10.0 Å². The quantitative estimate of drug-likeness (QED) is 0.258. The SMILES string of the molecule is CC(C)(C)OC(=O)Nc1ccccc1NC(=O)C=Cc1ccn(S(=O)(=O)c2cccc(-c3ccc(N)nc3)c2)c1. The Hall–Kier alpha value is -4.90. The van der Waals surface area contributed by atoms with Gasteiger partial charge in [-0.15, -0.1) is 0 Å². The van der Waals surface area contributed by atoms with Gasteiger partial charge in [-0.1, -0.05) is 24.3 Å². The van der Waals surface area contributed by atoms with Gasteiger partial charge in [0.1, 0.15) is 11.4 Å². The third-order valence-corrected chi connectivity index (χ3v) is 7.10. The van der Waals surface area contributed by atoms with Crippen molar-refractivity contribution in [1.29, 1.82) is 0 Å². The Morgan fingerprint density at radius 3 is 2.35 bits per heavy atom. The summed E-state index contributed by atoms with van der Waals surface area (Å²) >= 11 is 0. The zero-order valence-corrected chi connectivity index (χ0v) is 23.0. The monoisotopic (exact) mass is 559 g/mol. The second-order valence-corrected chi connectivity index (χ2v) is 11.6. The third-order valence-electron chi connectivity index (χ3n) is 5.47. The Bertz CT molecular complexity index is 1670. The largest absolute Gasteiger partial charge is 0.444 e. The van der Waals surface area contributed by atoms with Crippen molar-refractivity contribution in [2.75, 3.05) is 16.4 Å². The van der Waals surface area contributed by atoms with Gasteiger partial charge in [-0.2, -0.15) is 0 Å². The van der Waals surface area contributed by atoms with Crippen LogP contribution in [0.3, 0.4) is 0 Å². The number of nitrogen functional groups attached to an aromatic ring is 1. The van der Waals surface area contributed by atoms with Crippen LogP contribution in [0.25, 0.3) is 17.2 Å². The van der Waals surface area contributed by atoms with Crippen molar-refractivity contribution >= 4 is 45.3 Å². The number of carbonyl (C=O) groups excluding carboxylic acids is 2. The van der Waals surface area contributed by atoms with Gasteiger partial charge >= 0.3 is 6.09 Å². The Kier molecular flexibility index (Phi) is 8.05. The number of carbonyl (C=O) groups is 2. The van der Waals surface area contributed by atoms with Gasteiger partial charge in [-0.25, -0.2) is 22.2 Å². The topological polar surface area (TPSA) is 145 Å². The molecular weight excluding hydrogens is 530 g/mol. The molecule has 10 nitrogen and oxygen atoms in total. The summed E-state index contributed by atoms with van der Waals surface area (Å²) in [4.78, 5) is 28.9. The van der Waals surface area contributed by atoms with E-state index in [4.69, 9.17) is 10.5 Å². The van der Waals surface area contributed by atoms with Crippen LogP contribution < -0.4 is 16.4 Å². The highest BCUT2D eigenvalue weighted by molar-refractivity contribution is 7.90. The molecule has 2 amide bonds. The molecule has 0 unspecified atom stereocenters. The molecule has 2 aromatic heterocycles. The number of ether oxygens (including phenoxy) is 1. The average molecular weight is 560 g/mol. The van der Waals surface area contributed by atoms with E-state index in [0.717, 1.165) is 9.54 Å². The standard InChI is InChI=1S/C29H29N5O5S/c1-29(2,3)39-28(36)33-25-10-5-4-9-24(25)32-27(35)14-11-20-15-16-34(19-20)40(37,38)23-8-6-7-21(17-23)22-12-13-26(30)31-18-22/h4-19H,1-3H3,(H2,30,31)(H,32,35)(H,33,36). The number of nitrogens with one attached hydrogen (secondary N) is 2. The van der Waals surface area contributed by atoms with Crippen LogP contribution in [0, 0.1) is 0 Å². The number of pyridine rings is 1. The van der Waals surface area contributed by atoms with Crippen molar-refractivity contribution < 1.29 is 22.7 Å². The summed E-state index contributed by atoms with van der Waals surface area (Å²) < 4.78 is 32.9. The number of benzene rings is 2. The lowest BCUT2D eigenvalue weighted by atomic mass is 10.1. The molecule has 0 saturated heterocycles. The molecule has 0 spiro atoms. The minimum atomic E-state index is -3.89. The molecule has 0 radical (unpaired) electrons. The molecule has 0 bridgehead atoms. The number of nitrogens with two attached hydrogens (primary N) is 1. The summed E-state index contributed by atoms with van der Waals surface area (Å²) in [5.41, 5.74) is 7.62. The van der Waals surface area contributed by atoms with Gasteiger partial charge in [0, 0.05) is 30.2 Å². The first kappa shape index (κ1) is 28.1. The summed E-state index contributed by atoms with van der Waals surface area (Å²) in [7, 11) is -3.89. The fourth-order valence-electron chi connectivity index (χ4n) is 3.64. The molecule has 0 atom stereocenters. The van der Waals surface area contributed by atoms with E-state index in [-0.39, 0.29) is 4.90 Å². The molecule has 0 aliphatic carbocycles. The van der Waals surface area contributed by atoms with Crippen LogP contribution in [0.1, 0.15) is 26.3 Å². The van der Waals surface area contributed by atoms with E-state index in [1.54, 1.807) is 87.6 Å². The molecule has 4 aromatic rings. The summed E-state index contributed by atoms with van der Waals surface area (Å²) in [5.74, 6) is -0.102. The third kappa shape index (κ3) is 7.14. The van der Waals surface area contributed by atoms with Gasteiger partial charge < -0.3 is 15.8 Å². The number of para-hydroxylation sites is 2. The van der Waals surface area contributed by atoms with Gasteiger partial charge in [0.05, 0.1) is 16.3 Å². The van der Waals surface area contributed by atoms with Crippen molar-refractivity contribution in [3.63, 3.8) is 0 Å². The molecule has 2 heterocycles. The predicted octanol–water partition coefficient (Wildman–Crippen LogP) is 5.37. The van der Waals surface area contributed by atoms with Crippen molar-refractivity contribution in [1.82, 2.24) is 8.96 Å². The molecule has 11 heteroatoms. The number of rotatable bonds is 7. The fraction of sp³-hybridized carbons (Fsp3) is 0.138. The van der Waals surface area contributed by atoms with Crippen LogP contribution in [-0.4, -0.2) is 35.0 Å². The van der Waals surface area contributed by atoms with Crippen LogP contribution in [-0.2, 0) is 19.6 Å². The lowest BCUT2D eigenvalue weighted by Crippen LogP contribution is -2.27. The van der Waals surface area contributed by atoms with Gasteiger partial charge in [-0.05, 0) is 80.4 Å².